The largest absolute Gasteiger partial charge is 0.0726 e. The van der Waals surface area contributed by atoms with Crippen LogP contribution in [0.5, 0.6) is 0 Å². The molecule has 27 heavy (non-hydrogen) atoms. The van der Waals surface area contributed by atoms with Crippen LogP contribution in [0.15, 0.2) is 0 Å². The first-order valence-electron chi connectivity index (χ1n) is 11.1. The van der Waals surface area contributed by atoms with Crippen LogP contribution in [0.2, 0.25) is 0 Å². The van der Waals surface area contributed by atoms with Crippen LogP contribution in [-0.4, -0.2) is 21.6 Å². The zero-order chi connectivity index (χ0) is 22.7. The Morgan fingerprint density at radius 1 is 0.370 bits per heavy atom. The predicted octanol–water partition coefficient (Wildman–Crippen LogP) is 9.52. The molecule has 0 aromatic heterocycles. The third kappa shape index (κ3) is 4.32. The first-order valence-corrected chi connectivity index (χ1v) is 13.1. The molecule has 0 rings (SSSR count). The molecule has 0 heterocycles. The van der Waals surface area contributed by atoms with Crippen LogP contribution in [0.3, 0.4) is 0 Å². The van der Waals surface area contributed by atoms with Crippen molar-refractivity contribution in [3.05, 3.63) is 0 Å². The second-order valence-electron chi connectivity index (χ2n) is 15.1. The van der Waals surface area contributed by atoms with Crippen molar-refractivity contribution in [2.75, 3.05) is 6.16 Å². The summed E-state index contributed by atoms with van der Waals surface area (Å²) >= 11 is 0. The Hall–Kier alpha value is 0.430. The van der Waals surface area contributed by atoms with Crippen LogP contribution in [-0.2, 0) is 0 Å². The highest BCUT2D eigenvalue weighted by Gasteiger charge is 2.71. The maximum Gasteiger partial charge on any atom is 0.0726 e. The summed E-state index contributed by atoms with van der Waals surface area (Å²) in [6, 6.07) is 0. The van der Waals surface area contributed by atoms with Gasteiger partial charge >= 0.3 is 0 Å². The molecule has 0 aliphatic carbocycles. The van der Waals surface area contributed by atoms with Crippen LogP contribution in [0.1, 0.15) is 125 Å². The lowest BCUT2D eigenvalue weighted by Gasteiger charge is -2.66. The molecule has 0 bridgehead atoms. The smallest absolute Gasteiger partial charge is 0.0595 e. The molecule has 0 nitrogen and oxygen atoms in total. The summed E-state index contributed by atoms with van der Waals surface area (Å²) in [6.45, 7) is 45.4. The summed E-state index contributed by atoms with van der Waals surface area (Å²) in [5, 5.41) is 0.906. The molecule has 0 unspecified atom stereocenters. The van der Waals surface area contributed by atoms with Gasteiger partial charge in [-0.15, -0.1) is 0 Å². The van der Waals surface area contributed by atoms with Gasteiger partial charge in [0.15, 0.2) is 0 Å². The van der Waals surface area contributed by atoms with Crippen molar-refractivity contribution in [1.29, 1.82) is 0 Å². The summed E-state index contributed by atoms with van der Waals surface area (Å²) in [7, 11) is -1.46. The first kappa shape index (κ1) is 27.4. The van der Waals surface area contributed by atoms with Gasteiger partial charge in [0, 0.05) is 12.7 Å². The summed E-state index contributed by atoms with van der Waals surface area (Å²) in [4.78, 5) is 0. The molecule has 164 valence electrons. The topological polar surface area (TPSA) is 0 Å². The second kappa shape index (κ2) is 7.00. The molecule has 0 aromatic carbocycles. The van der Waals surface area contributed by atoms with E-state index in [4.69, 9.17) is 0 Å². The van der Waals surface area contributed by atoms with E-state index in [9.17, 15) is 0 Å². The van der Waals surface area contributed by atoms with Gasteiger partial charge in [-0.05, 0) is 78.6 Å². The lowest BCUT2D eigenvalue weighted by atomic mass is 9.45. The quantitative estimate of drug-likeness (QED) is 0.405. The van der Waals surface area contributed by atoms with Gasteiger partial charge in [-0.2, -0.15) is 0 Å². The maximum atomic E-state index is 2.54. The van der Waals surface area contributed by atoms with Gasteiger partial charge < -0.3 is 0 Å². The van der Waals surface area contributed by atoms with Gasteiger partial charge in [0.05, 0.1) is 21.6 Å². The number of rotatable bonds is 2. The Bertz CT molecular complexity index is 375. The summed E-state index contributed by atoms with van der Waals surface area (Å²) in [6.07, 6.45) is 1.34. The lowest BCUT2D eigenvalue weighted by molar-refractivity contribution is -0.103. The summed E-state index contributed by atoms with van der Waals surface area (Å²) < 4.78 is 0. The molecule has 0 radical (unpaired) electrons. The van der Waals surface area contributed by atoms with Gasteiger partial charge in [0.2, 0.25) is 0 Å². The van der Waals surface area contributed by atoms with Crippen LogP contribution in [0.4, 0.5) is 0 Å². The molecule has 0 aromatic rings. The summed E-state index contributed by atoms with van der Waals surface area (Å²) in [5.41, 5.74) is 0.873. The monoisotopic (exact) mass is 399 g/mol. The third-order valence-corrected chi connectivity index (χ3v) is 15.6. The van der Waals surface area contributed by atoms with E-state index in [1.807, 2.05) is 0 Å². The SMILES string of the molecule is CC(C)(C)C(C[P+](C(C)(C)C)(C(C)(C)C)C(C)(C)C)(C(C)(C)C)C(C)(C)C. The Labute approximate surface area is 175 Å². The molecule has 1 heteroatoms. The highest BCUT2D eigenvalue weighted by atomic mass is 31.2. The zero-order valence-electron chi connectivity index (χ0n) is 22.7. The van der Waals surface area contributed by atoms with E-state index < -0.39 is 7.26 Å². The van der Waals surface area contributed by atoms with Crippen LogP contribution < -0.4 is 0 Å². The number of hydrogen-bond donors (Lipinski definition) is 0. The Kier molecular flexibility index (Phi) is 7.11. The van der Waals surface area contributed by atoms with Crippen molar-refractivity contribution in [2.24, 2.45) is 21.7 Å². The highest BCUT2D eigenvalue weighted by molar-refractivity contribution is 7.80. The molecule has 0 aliphatic heterocycles. The van der Waals surface area contributed by atoms with Crippen LogP contribution in [0, 0.1) is 21.7 Å². The standard InChI is InChI=1S/C26H56P/c1-20(2,3)26(21(4,5)6,22(7,8)9)19-27(23(10,11)12,24(13,14)15)25(16,17)18/h19H2,1-18H3/q+1. The third-order valence-electron chi connectivity index (χ3n) is 7.75. The Morgan fingerprint density at radius 2 is 0.556 bits per heavy atom. The van der Waals surface area contributed by atoms with Crippen LogP contribution >= 0.6 is 7.26 Å². The van der Waals surface area contributed by atoms with E-state index >= 15 is 0 Å². The first-order chi connectivity index (χ1) is 11.2. The minimum Gasteiger partial charge on any atom is -0.0595 e. The molecule has 0 aliphatic rings. The fourth-order valence-corrected chi connectivity index (χ4v) is 17.8. The van der Waals surface area contributed by atoms with Gasteiger partial charge in [-0.25, -0.2) is 0 Å². The molecule has 0 N–H and O–H groups in total. The van der Waals surface area contributed by atoms with Gasteiger partial charge in [0.25, 0.3) is 0 Å². The van der Waals surface area contributed by atoms with Crippen molar-refractivity contribution in [1.82, 2.24) is 0 Å². The highest BCUT2D eigenvalue weighted by Crippen LogP contribution is 2.87. The van der Waals surface area contributed by atoms with E-state index in [1.54, 1.807) is 0 Å². The minimum atomic E-state index is -1.46. The van der Waals surface area contributed by atoms with Crippen molar-refractivity contribution in [3.8, 4) is 0 Å². The lowest BCUT2D eigenvalue weighted by Crippen LogP contribution is -2.61. The van der Waals surface area contributed by atoms with E-state index in [0.717, 1.165) is 0 Å². The van der Waals surface area contributed by atoms with E-state index in [2.05, 4.69) is 125 Å². The van der Waals surface area contributed by atoms with Gasteiger partial charge in [-0.3, -0.25) is 0 Å². The minimum absolute atomic E-state index is 0.217. The average molecular weight is 400 g/mol. The average Bonchev–Trinajstić information content (AvgIpc) is 2.16. The molecule has 0 spiro atoms. The molecular formula is C26H56P+. The van der Waals surface area contributed by atoms with Crippen LogP contribution in [0.25, 0.3) is 0 Å². The van der Waals surface area contributed by atoms with Gasteiger partial charge in [0.1, 0.15) is 0 Å². The normalized spacial score (nSPS) is 16.7. The Balaban J connectivity index is 7.45. The predicted molar refractivity (Wildman–Crippen MR) is 132 cm³/mol. The zero-order valence-corrected chi connectivity index (χ0v) is 23.5. The van der Waals surface area contributed by atoms with Crippen molar-refractivity contribution in [3.63, 3.8) is 0 Å². The molecule has 0 fully saturated rings. The molecule has 0 saturated heterocycles. The number of hydrogen-bond acceptors (Lipinski definition) is 0. The van der Waals surface area contributed by atoms with Crippen molar-refractivity contribution in [2.45, 2.75) is 140 Å². The van der Waals surface area contributed by atoms with E-state index in [0.29, 0.717) is 15.5 Å². The summed E-state index contributed by atoms with van der Waals surface area (Å²) in [5.74, 6) is 0. The molecule has 0 atom stereocenters. The van der Waals surface area contributed by atoms with Crippen molar-refractivity contribution < 1.29 is 0 Å². The second-order valence-corrected chi connectivity index (χ2v) is 21.1. The van der Waals surface area contributed by atoms with Crippen molar-refractivity contribution >= 4 is 7.26 Å². The fourth-order valence-electron chi connectivity index (χ4n) is 8.17. The molecule has 0 saturated carbocycles. The maximum absolute atomic E-state index is 2.54. The fraction of sp³-hybridized carbons (Fsp3) is 1.00. The molecule has 0 amide bonds. The van der Waals surface area contributed by atoms with E-state index in [-0.39, 0.29) is 21.7 Å². The Morgan fingerprint density at radius 3 is 0.667 bits per heavy atom. The van der Waals surface area contributed by atoms with E-state index in [1.165, 1.54) is 6.16 Å². The molecular weight excluding hydrogens is 343 g/mol. The van der Waals surface area contributed by atoms with Gasteiger partial charge in [-0.1, -0.05) is 62.3 Å².